The second-order valence-electron chi connectivity index (χ2n) is 6.29. The summed E-state index contributed by atoms with van der Waals surface area (Å²) in [6.45, 7) is 1.76. The van der Waals surface area contributed by atoms with Crippen molar-refractivity contribution in [2.75, 3.05) is 10.6 Å². The normalized spacial score (nSPS) is 10.7. The number of nitrogens with one attached hydrogen (secondary N) is 2. The quantitative estimate of drug-likeness (QED) is 0.490. The third-order valence-electron chi connectivity index (χ3n) is 4.20. The highest BCUT2D eigenvalue weighted by Crippen LogP contribution is 2.22. The Morgan fingerprint density at radius 1 is 1.07 bits per heavy atom. The molecule has 2 N–H and O–H groups in total. The average Bonchev–Trinajstić information content (AvgIpc) is 2.71. The number of halogens is 2. The highest BCUT2D eigenvalue weighted by Gasteiger charge is 2.13. The van der Waals surface area contributed by atoms with Crippen LogP contribution in [0.4, 0.5) is 21.6 Å². The van der Waals surface area contributed by atoms with Crippen LogP contribution in [0, 0.1) is 12.7 Å². The van der Waals surface area contributed by atoms with Crippen LogP contribution in [0.5, 0.6) is 0 Å². The molecule has 0 bridgehead atoms. The van der Waals surface area contributed by atoms with E-state index in [4.69, 9.17) is 11.6 Å². The van der Waals surface area contributed by atoms with Crippen molar-refractivity contribution >= 4 is 45.9 Å². The monoisotopic (exact) mass is 407 g/mol. The van der Waals surface area contributed by atoms with Crippen molar-refractivity contribution in [3.05, 3.63) is 82.9 Å². The predicted molar refractivity (Wildman–Crippen MR) is 111 cm³/mol. The van der Waals surface area contributed by atoms with Crippen molar-refractivity contribution in [2.45, 2.75) is 6.92 Å². The average molecular weight is 408 g/mol. The van der Waals surface area contributed by atoms with Crippen LogP contribution in [-0.2, 0) is 0 Å². The Bertz CT molecular complexity index is 1220. The number of aryl methyl sites for hydroxylation is 1. The molecule has 0 aliphatic rings. The first-order valence-corrected chi connectivity index (χ1v) is 9.10. The standard InChI is InChI=1S/C21H15ClFN5O/c1-12-17(27-21(29)13-7-8-16(23)15(22)9-13)10-18-20(25-12)28-19(11-24-18)26-14-5-3-2-4-6-14/h2-11H,1H3,(H,27,29)(H,25,26,28). The predicted octanol–water partition coefficient (Wildman–Crippen LogP) is 5.12. The van der Waals surface area contributed by atoms with Gasteiger partial charge in [-0.1, -0.05) is 29.8 Å². The zero-order valence-corrected chi connectivity index (χ0v) is 16.0. The number of hydrogen-bond donors (Lipinski definition) is 2. The number of para-hydroxylation sites is 1. The molecule has 2 aromatic heterocycles. The van der Waals surface area contributed by atoms with Gasteiger partial charge in [0, 0.05) is 11.3 Å². The Morgan fingerprint density at radius 2 is 1.86 bits per heavy atom. The zero-order chi connectivity index (χ0) is 20.4. The van der Waals surface area contributed by atoms with E-state index < -0.39 is 11.7 Å². The van der Waals surface area contributed by atoms with Crippen LogP contribution < -0.4 is 10.6 Å². The summed E-state index contributed by atoms with van der Waals surface area (Å²) in [6.07, 6.45) is 1.59. The molecule has 1 amide bonds. The van der Waals surface area contributed by atoms with E-state index in [1.165, 1.54) is 12.1 Å². The minimum Gasteiger partial charge on any atom is -0.339 e. The van der Waals surface area contributed by atoms with Crippen molar-refractivity contribution in [2.24, 2.45) is 0 Å². The molecule has 0 radical (unpaired) electrons. The van der Waals surface area contributed by atoms with Crippen LogP contribution in [0.25, 0.3) is 11.2 Å². The summed E-state index contributed by atoms with van der Waals surface area (Å²) in [6, 6.07) is 15.1. The van der Waals surface area contributed by atoms with E-state index in [0.29, 0.717) is 28.4 Å². The lowest BCUT2D eigenvalue weighted by molar-refractivity contribution is 0.102. The minimum absolute atomic E-state index is 0.115. The molecule has 0 aliphatic heterocycles. The number of hydrogen-bond acceptors (Lipinski definition) is 5. The van der Waals surface area contributed by atoms with Crippen LogP contribution in [0.3, 0.4) is 0 Å². The van der Waals surface area contributed by atoms with Crippen LogP contribution in [0.1, 0.15) is 16.1 Å². The van der Waals surface area contributed by atoms with E-state index >= 15 is 0 Å². The van der Waals surface area contributed by atoms with Crippen molar-refractivity contribution in [1.29, 1.82) is 0 Å². The van der Waals surface area contributed by atoms with Crippen LogP contribution in [0.15, 0.2) is 60.8 Å². The fourth-order valence-corrected chi connectivity index (χ4v) is 2.90. The SMILES string of the molecule is Cc1nc2nc(Nc3ccccc3)cnc2cc1NC(=O)c1ccc(F)c(Cl)c1. The number of carbonyl (C=O) groups is 1. The van der Waals surface area contributed by atoms with Crippen molar-refractivity contribution in [3.63, 3.8) is 0 Å². The third-order valence-corrected chi connectivity index (χ3v) is 4.49. The number of carbonyl (C=O) groups excluding carboxylic acids is 1. The summed E-state index contributed by atoms with van der Waals surface area (Å²) in [4.78, 5) is 25.7. The maximum atomic E-state index is 13.3. The number of anilines is 3. The summed E-state index contributed by atoms with van der Waals surface area (Å²) in [5.74, 6) is -0.443. The first-order valence-electron chi connectivity index (χ1n) is 8.72. The summed E-state index contributed by atoms with van der Waals surface area (Å²) in [7, 11) is 0. The molecule has 4 rings (SSSR count). The number of pyridine rings is 1. The minimum atomic E-state index is -0.582. The fourth-order valence-electron chi connectivity index (χ4n) is 2.72. The lowest BCUT2D eigenvalue weighted by Crippen LogP contribution is -2.13. The maximum Gasteiger partial charge on any atom is 0.255 e. The molecule has 29 heavy (non-hydrogen) atoms. The molecular weight excluding hydrogens is 393 g/mol. The molecule has 144 valence electrons. The molecule has 0 saturated carbocycles. The number of rotatable bonds is 4. The fraction of sp³-hybridized carbons (Fsp3) is 0.0476. The van der Waals surface area contributed by atoms with Gasteiger partial charge in [-0.2, -0.15) is 0 Å². The molecule has 0 unspecified atom stereocenters. The van der Waals surface area contributed by atoms with Gasteiger partial charge >= 0.3 is 0 Å². The lowest BCUT2D eigenvalue weighted by atomic mass is 10.2. The second kappa shape index (κ2) is 7.81. The summed E-state index contributed by atoms with van der Waals surface area (Å²) in [5.41, 5.74) is 3.17. The van der Waals surface area contributed by atoms with Gasteiger partial charge in [0.05, 0.1) is 22.6 Å². The van der Waals surface area contributed by atoms with E-state index in [0.717, 1.165) is 11.8 Å². The molecule has 2 aromatic carbocycles. The second-order valence-corrected chi connectivity index (χ2v) is 6.70. The Balaban J connectivity index is 1.59. The summed E-state index contributed by atoms with van der Waals surface area (Å²) < 4.78 is 13.3. The van der Waals surface area contributed by atoms with Gasteiger partial charge in [-0.3, -0.25) is 4.79 Å². The molecular formula is C21H15ClFN5O. The molecule has 6 nitrogen and oxygen atoms in total. The number of amides is 1. The molecule has 0 saturated heterocycles. The lowest BCUT2D eigenvalue weighted by Gasteiger charge is -2.10. The molecule has 0 atom stereocenters. The number of aromatic nitrogens is 3. The van der Waals surface area contributed by atoms with Crippen LogP contribution in [-0.4, -0.2) is 20.9 Å². The Morgan fingerprint density at radius 3 is 2.62 bits per heavy atom. The van der Waals surface area contributed by atoms with Gasteiger partial charge in [0.25, 0.3) is 5.91 Å². The van der Waals surface area contributed by atoms with E-state index in [1.807, 2.05) is 30.3 Å². The molecule has 2 heterocycles. The molecule has 0 spiro atoms. The molecule has 0 fully saturated rings. The van der Waals surface area contributed by atoms with Gasteiger partial charge in [0.1, 0.15) is 11.3 Å². The summed E-state index contributed by atoms with van der Waals surface area (Å²) >= 11 is 5.75. The molecule has 4 aromatic rings. The van der Waals surface area contributed by atoms with E-state index in [1.54, 1.807) is 19.2 Å². The summed E-state index contributed by atoms with van der Waals surface area (Å²) in [5, 5.41) is 5.81. The Hall–Kier alpha value is -3.58. The van der Waals surface area contributed by atoms with Crippen LogP contribution >= 0.6 is 11.6 Å². The smallest absolute Gasteiger partial charge is 0.255 e. The number of benzene rings is 2. The third kappa shape index (κ3) is 4.14. The van der Waals surface area contributed by atoms with Crippen LogP contribution in [0.2, 0.25) is 5.02 Å². The van der Waals surface area contributed by atoms with E-state index in [9.17, 15) is 9.18 Å². The van der Waals surface area contributed by atoms with Gasteiger partial charge in [-0.25, -0.2) is 19.3 Å². The van der Waals surface area contributed by atoms with Crippen molar-refractivity contribution < 1.29 is 9.18 Å². The van der Waals surface area contributed by atoms with Gasteiger partial charge in [-0.15, -0.1) is 0 Å². The van der Waals surface area contributed by atoms with Gasteiger partial charge in [0.2, 0.25) is 0 Å². The topological polar surface area (TPSA) is 79.8 Å². The van der Waals surface area contributed by atoms with Crippen molar-refractivity contribution in [1.82, 2.24) is 15.0 Å². The van der Waals surface area contributed by atoms with E-state index in [2.05, 4.69) is 25.6 Å². The zero-order valence-electron chi connectivity index (χ0n) is 15.3. The van der Waals surface area contributed by atoms with Gasteiger partial charge < -0.3 is 10.6 Å². The first-order chi connectivity index (χ1) is 14.0. The Kier molecular flexibility index (Phi) is 5.05. The van der Waals surface area contributed by atoms with Crippen molar-refractivity contribution in [3.8, 4) is 0 Å². The Labute approximate surface area is 170 Å². The van der Waals surface area contributed by atoms with Gasteiger partial charge in [0.15, 0.2) is 11.5 Å². The van der Waals surface area contributed by atoms with Gasteiger partial charge in [-0.05, 0) is 43.3 Å². The first kappa shape index (κ1) is 18.8. The largest absolute Gasteiger partial charge is 0.339 e. The van der Waals surface area contributed by atoms with E-state index in [-0.39, 0.29) is 10.6 Å². The molecule has 8 heteroatoms. The molecule has 0 aliphatic carbocycles. The number of nitrogens with zero attached hydrogens (tertiary/aromatic N) is 3. The highest BCUT2D eigenvalue weighted by molar-refractivity contribution is 6.31. The highest BCUT2D eigenvalue weighted by atomic mass is 35.5. The number of fused-ring (bicyclic) bond motifs is 1. The maximum absolute atomic E-state index is 13.3.